The van der Waals surface area contributed by atoms with E-state index in [2.05, 4.69) is 6.92 Å². The first-order chi connectivity index (χ1) is 4.31. The van der Waals surface area contributed by atoms with Crippen molar-refractivity contribution in [3.63, 3.8) is 0 Å². The summed E-state index contributed by atoms with van der Waals surface area (Å²) in [4.78, 5) is 0. The quantitative estimate of drug-likeness (QED) is 0.554. The lowest BCUT2D eigenvalue weighted by molar-refractivity contribution is 0.513. The van der Waals surface area contributed by atoms with E-state index >= 15 is 0 Å². The van der Waals surface area contributed by atoms with Crippen LogP contribution in [0.4, 0.5) is 0 Å². The summed E-state index contributed by atoms with van der Waals surface area (Å²) < 4.78 is 0. The van der Waals surface area contributed by atoms with Crippen LogP contribution in [-0.4, -0.2) is 11.8 Å². The smallest absolute Gasteiger partial charge is 0.0225 e. The molecule has 0 rings (SSSR count). The molecule has 9 heavy (non-hydrogen) atoms. The Balaban J connectivity index is 2.95. The summed E-state index contributed by atoms with van der Waals surface area (Å²) in [5.74, 6) is 2.32. The van der Waals surface area contributed by atoms with E-state index < -0.39 is 0 Å². The minimum Gasteiger partial charge on any atom is -0.127 e. The Kier molecular flexibility index (Phi) is 7.13. The van der Waals surface area contributed by atoms with Gasteiger partial charge in [0.15, 0.2) is 0 Å². The fourth-order valence-electron chi connectivity index (χ4n) is 0.756. The van der Waals surface area contributed by atoms with Gasteiger partial charge in [-0.1, -0.05) is 6.92 Å². The largest absolute Gasteiger partial charge is 0.127 e. The van der Waals surface area contributed by atoms with E-state index in [1.807, 2.05) is 0 Å². The third-order valence-corrected chi connectivity index (χ3v) is 1.92. The van der Waals surface area contributed by atoms with Gasteiger partial charge in [-0.05, 0) is 25.2 Å². The van der Waals surface area contributed by atoms with E-state index in [0.717, 1.165) is 30.5 Å². The molecular formula is C7H14Cl2. The van der Waals surface area contributed by atoms with Crippen LogP contribution in [0.25, 0.3) is 0 Å². The third-order valence-electron chi connectivity index (χ3n) is 1.43. The van der Waals surface area contributed by atoms with Crippen LogP contribution in [0.5, 0.6) is 0 Å². The lowest BCUT2D eigenvalue weighted by Crippen LogP contribution is -1.95. The van der Waals surface area contributed by atoms with Crippen LogP contribution >= 0.6 is 23.2 Å². The topological polar surface area (TPSA) is 0 Å². The van der Waals surface area contributed by atoms with Gasteiger partial charge in [-0.25, -0.2) is 0 Å². The molecule has 0 N–H and O–H groups in total. The highest BCUT2D eigenvalue weighted by molar-refractivity contribution is 6.18. The monoisotopic (exact) mass is 168 g/mol. The van der Waals surface area contributed by atoms with Crippen molar-refractivity contribution in [1.82, 2.24) is 0 Å². The van der Waals surface area contributed by atoms with Crippen molar-refractivity contribution in [2.45, 2.75) is 26.2 Å². The Morgan fingerprint density at radius 3 is 2.22 bits per heavy atom. The molecule has 1 unspecified atom stereocenters. The van der Waals surface area contributed by atoms with Gasteiger partial charge in [-0.2, -0.15) is 0 Å². The summed E-state index contributed by atoms with van der Waals surface area (Å²) in [6, 6.07) is 0. The van der Waals surface area contributed by atoms with E-state index in [4.69, 9.17) is 23.2 Å². The van der Waals surface area contributed by atoms with Crippen LogP contribution in [0.2, 0.25) is 0 Å². The molecule has 0 aliphatic heterocycles. The molecule has 0 spiro atoms. The fraction of sp³-hybridized carbons (Fsp3) is 1.00. The van der Waals surface area contributed by atoms with Crippen molar-refractivity contribution in [2.24, 2.45) is 5.92 Å². The molecule has 0 aromatic rings. The Morgan fingerprint density at radius 1 is 1.11 bits per heavy atom. The van der Waals surface area contributed by atoms with Gasteiger partial charge in [0.2, 0.25) is 0 Å². The molecular weight excluding hydrogens is 155 g/mol. The predicted octanol–water partition coefficient (Wildman–Crippen LogP) is 3.27. The molecule has 0 radical (unpaired) electrons. The summed E-state index contributed by atoms with van der Waals surface area (Å²) in [5.41, 5.74) is 0. The highest BCUT2D eigenvalue weighted by atomic mass is 35.5. The molecule has 0 saturated heterocycles. The SMILES string of the molecule is CC(CCCl)CCCCl. The molecule has 0 fully saturated rings. The molecule has 0 nitrogen and oxygen atoms in total. The fourth-order valence-corrected chi connectivity index (χ4v) is 1.28. The van der Waals surface area contributed by atoms with Crippen LogP contribution in [-0.2, 0) is 0 Å². The number of hydrogen-bond donors (Lipinski definition) is 0. The maximum atomic E-state index is 5.54. The standard InChI is InChI=1S/C7H14Cl2/c1-7(4-6-9)3-2-5-8/h7H,2-6H2,1H3. The van der Waals surface area contributed by atoms with Crippen LogP contribution in [0.15, 0.2) is 0 Å². The molecule has 1 atom stereocenters. The van der Waals surface area contributed by atoms with Crippen LogP contribution < -0.4 is 0 Å². The number of alkyl halides is 2. The second kappa shape index (κ2) is 6.70. The Hall–Kier alpha value is 0.580. The van der Waals surface area contributed by atoms with Gasteiger partial charge in [0.1, 0.15) is 0 Å². The summed E-state index contributed by atoms with van der Waals surface area (Å²) in [5, 5.41) is 0. The van der Waals surface area contributed by atoms with Gasteiger partial charge in [0.25, 0.3) is 0 Å². The van der Waals surface area contributed by atoms with Gasteiger partial charge >= 0.3 is 0 Å². The highest BCUT2D eigenvalue weighted by Gasteiger charge is 1.98. The molecule has 0 aliphatic carbocycles. The predicted molar refractivity (Wildman–Crippen MR) is 44.5 cm³/mol. The molecule has 0 saturated carbocycles. The maximum absolute atomic E-state index is 5.54. The zero-order chi connectivity index (χ0) is 7.11. The van der Waals surface area contributed by atoms with Gasteiger partial charge in [-0.15, -0.1) is 23.2 Å². The van der Waals surface area contributed by atoms with Crippen molar-refractivity contribution >= 4 is 23.2 Å². The Morgan fingerprint density at radius 2 is 1.78 bits per heavy atom. The minimum atomic E-state index is 0.751. The van der Waals surface area contributed by atoms with E-state index in [-0.39, 0.29) is 0 Å². The first kappa shape index (κ1) is 9.58. The average molecular weight is 169 g/mol. The zero-order valence-corrected chi connectivity index (χ0v) is 7.38. The summed E-state index contributed by atoms with van der Waals surface area (Å²) >= 11 is 11.1. The number of rotatable bonds is 5. The van der Waals surface area contributed by atoms with Crippen molar-refractivity contribution in [2.75, 3.05) is 11.8 Å². The van der Waals surface area contributed by atoms with Crippen LogP contribution in [0, 0.1) is 5.92 Å². The molecule has 0 aromatic heterocycles. The molecule has 0 heterocycles. The van der Waals surface area contributed by atoms with Crippen molar-refractivity contribution < 1.29 is 0 Å². The second-order valence-electron chi connectivity index (χ2n) is 2.41. The number of hydrogen-bond acceptors (Lipinski definition) is 0. The Labute approximate surface area is 67.5 Å². The van der Waals surface area contributed by atoms with Gasteiger partial charge in [-0.3, -0.25) is 0 Å². The van der Waals surface area contributed by atoms with Gasteiger partial charge in [0, 0.05) is 11.8 Å². The van der Waals surface area contributed by atoms with Crippen LogP contribution in [0.1, 0.15) is 26.2 Å². The molecule has 0 aromatic carbocycles. The lowest BCUT2D eigenvalue weighted by Gasteiger charge is -2.05. The molecule has 56 valence electrons. The van der Waals surface area contributed by atoms with E-state index in [1.54, 1.807) is 0 Å². The van der Waals surface area contributed by atoms with E-state index in [1.165, 1.54) is 6.42 Å². The van der Waals surface area contributed by atoms with Gasteiger partial charge in [0.05, 0.1) is 0 Å². The molecule has 0 bridgehead atoms. The van der Waals surface area contributed by atoms with Crippen molar-refractivity contribution in [3.05, 3.63) is 0 Å². The lowest BCUT2D eigenvalue weighted by atomic mass is 10.0. The summed E-state index contributed by atoms with van der Waals surface area (Å²) in [7, 11) is 0. The summed E-state index contributed by atoms with van der Waals surface area (Å²) in [6.07, 6.45) is 3.47. The molecule has 0 amide bonds. The first-order valence-corrected chi connectivity index (χ1v) is 4.50. The average Bonchev–Trinajstić information content (AvgIpc) is 1.85. The molecule has 2 heteroatoms. The normalized spacial score (nSPS) is 13.7. The van der Waals surface area contributed by atoms with Crippen molar-refractivity contribution in [1.29, 1.82) is 0 Å². The maximum Gasteiger partial charge on any atom is 0.0225 e. The van der Waals surface area contributed by atoms with Gasteiger partial charge < -0.3 is 0 Å². The third kappa shape index (κ3) is 6.47. The van der Waals surface area contributed by atoms with E-state index in [9.17, 15) is 0 Å². The minimum absolute atomic E-state index is 0.751. The second-order valence-corrected chi connectivity index (χ2v) is 3.17. The molecule has 0 aliphatic rings. The van der Waals surface area contributed by atoms with Crippen molar-refractivity contribution in [3.8, 4) is 0 Å². The van der Waals surface area contributed by atoms with Crippen LogP contribution in [0.3, 0.4) is 0 Å². The number of halogens is 2. The zero-order valence-electron chi connectivity index (χ0n) is 5.87. The Bertz CT molecular complexity index is 54.9. The summed E-state index contributed by atoms with van der Waals surface area (Å²) in [6.45, 7) is 2.22. The van der Waals surface area contributed by atoms with E-state index in [0.29, 0.717) is 0 Å². The highest BCUT2D eigenvalue weighted by Crippen LogP contribution is 2.10. The first-order valence-electron chi connectivity index (χ1n) is 3.43.